The second-order valence-electron chi connectivity index (χ2n) is 7.23. The Kier molecular flexibility index (Phi) is 6.43. The molecule has 0 radical (unpaired) electrons. The summed E-state index contributed by atoms with van der Waals surface area (Å²) in [7, 11) is -2.86. The molecule has 0 spiro atoms. The van der Waals surface area contributed by atoms with Gasteiger partial charge in [-0.15, -0.1) is 0 Å². The number of imidazole rings is 1. The molecular formula is C17H28N7O4P. The van der Waals surface area contributed by atoms with Crippen molar-refractivity contribution in [1.82, 2.24) is 28.9 Å². The van der Waals surface area contributed by atoms with Crippen molar-refractivity contribution >= 4 is 24.4 Å². The maximum absolute atomic E-state index is 14.0. The summed E-state index contributed by atoms with van der Waals surface area (Å²) in [6.45, 7) is 7.43. The van der Waals surface area contributed by atoms with Gasteiger partial charge in [0, 0.05) is 26.2 Å². The summed E-state index contributed by atoms with van der Waals surface area (Å²) in [6.07, 6.45) is 3.09. The molecule has 4 rings (SSSR count). The monoisotopic (exact) mass is 425 g/mol. The first-order valence-corrected chi connectivity index (χ1v) is 11.7. The van der Waals surface area contributed by atoms with Gasteiger partial charge in [-0.25, -0.2) is 24.3 Å². The first-order valence-electron chi connectivity index (χ1n) is 9.86. The van der Waals surface area contributed by atoms with Crippen LogP contribution in [0, 0.1) is 0 Å². The summed E-state index contributed by atoms with van der Waals surface area (Å²) in [5, 5.41) is 0. The SMILES string of the molecule is CC(Cn1cnc2c(N)ncnc21)OCP(=O)(N1CCOCC1)N1CCOCC1. The first kappa shape index (κ1) is 20.6. The van der Waals surface area contributed by atoms with Crippen molar-refractivity contribution in [3.63, 3.8) is 0 Å². The molecule has 2 fully saturated rings. The minimum Gasteiger partial charge on any atom is -0.382 e. The first-order chi connectivity index (χ1) is 14.1. The van der Waals surface area contributed by atoms with Crippen molar-refractivity contribution < 1.29 is 18.8 Å². The highest BCUT2D eigenvalue weighted by atomic mass is 31.2. The van der Waals surface area contributed by atoms with Gasteiger partial charge in [0.25, 0.3) is 0 Å². The van der Waals surface area contributed by atoms with Gasteiger partial charge in [0.15, 0.2) is 11.5 Å². The molecule has 2 aromatic heterocycles. The molecule has 2 aromatic rings. The smallest absolute Gasteiger partial charge is 0.241 e. The van der Waals surface area contributed by atoms with Crippen LogP contribution in [-0.4, -0.2) is 93.9 Å². The van der Waals surface area contributed by atoms with E-state index < -0.39 is 7.44 Å². The second kappa shape index (κ2) is 9.03. The normalized spacial score (nSPS) is 20.9. The van der Waals surface area contributed by atoms with Gasteiger partial charge in [-0.2, -0.15) is 0 Å². The minimum absolute atomic E-state index is 0.165. The van der Waals surface area contributed by atoms with E-state index in [0.717, 1.165) is 0 Å². The lowest BCUT2D eigenvalue weighted by atomic mass is 10.4. The Hall–Kier alpha value is -1.62. The fraction of sp³-hybridized carbons (Fsp3) is 0.706. The molecule has 1 atom stereocenters. The Labute approximate surface area is 169 Å². The molecule has 1 unspecified atom stereocenters. The van der Waals surface area contributed by atoms with E-state index >= 15 is 0 Å². The molecule has 2 N–H and O–H groups in total. The number of hydrogen-bond acceptors (Lipinski definition) is 8. The Morgan fingerprint density at radius 1 is 1.10 bits per heavy atom. The molecule has 2 aliphatic rings. The average Bonchev–Trinajstić information content (AvgIpc) is 3.17. The van der Waals surface area contributed by atoms with Crippen molar-refractivity contribution in [3.8, 4) is 0 Å². The molecule has 11 nitrogen and oxygen atoms in total. The maximum Gasteiger partial charge on any atom is 0.241 e. The third kappa shape index (κ3) is 4.45. The molecule has 29 heavy (non-hydrogen) atoms. The van der Waals surface area contributed by atoms with Gasteiger partial charge in [0.2, 0.25) is 7.44 Å². The van der Waals surface area contributed by atoms with Crippen LogP contribution in [0.3, 0.4) is 0 Å². The molecule has 0 aliphatic carbocycles. The van der Waals surface area contributed by atoms with Gasteiger partial charge in [0.05, 0.1) is 45.4 Å². The number of rotatable bonds is 7. The number of anilines is 1. The molecule has 2 saturated heterocycles. The van der Waals surface area contributed by atoms with Crippen LogP contribution in [0.1, 0.15) is 6.92 Å². The third-order valence-electron chi connectivity index (χ3n) is 5.27. The van der Waals surface area contributed by atoms with E-state index in [2.05, 4.69) is 15.0 Å². The number of ether oxygens (including phenoxy) is 3. The van der Waals surface area contributed by atoms with Crippen LogP contribution in [0.5, 0.6) is 0 Å². The lowest BCUT2D eigenvalue weighted by Gasteiger charge is -2.42. The second-order valence-corrected chi connectivity index (χ2v) is 9.95. The molecule has 0 aromatic carbocycles. The van der Waals surface area contributed by atoms with Crippen molar-refractivity contribution in [2.45, 2.75) is 19.6 Å². The van der Waals surface area contributed by atoms with Crippen LogP contribution in [0.4, 0.5) is 5.82 Å². The zero-order valence-corrected chi connectivity index (χ0v) is 17.5. The molecule has 0 bridgehead atoms. The highest BCUT2D eigenvalue weighted by Gasteiger charge is 2.39. The zero-order chi connectivity index (χ0) is 20.3. The van der Waals surface area contributed by atoms with Crippen molar-refractivity contribution in [2.75, 3.05) is 64.7 Å². The van der Waals surface area contributed by atoms with Crippen LogP contribution >= 0.6 is 7.44 Å². The van der Waals surface area contributed by atoms with Gasteiger partial charge < -0.3 is 24.5 Å². The average molecular weight is 425 g/mol. The van der Waals surface area contributed by atoms with Crippen molar-refractivity contribution in [1.29, 1.82) is 0 Å². The predicted octanol–water partition coefficient (Wildman–Crippen LogP) is 0.629. The van der Waals surface area contributed by atoms with Crippen LogP contribution in [0.15, 0.2) is 12.7 Å². The van der Waals surface area contributed by atoms with E-state index in [-0.39, 0.29) is 12.5 Å². The third-order valence-corrected chi connectivity index (χ3v) is 8.32. The van der Waals surface area contributed by atoms with Gasteiger partial charge in [0.1, 0.15) is 18.2 Å². The van der Waals surface area contributed by atoms with Crippen LogP contribution < -0.4 is 5.73 Å². The number of fused-ring (bicyclic) bond motifs is 1. The Morgan fingerprint density at radius 3 is 2.34 bits per heavy atom. The number of nitrogens with two attached hydrogens (primary N) is 1. The number of morpholine rings is 2. The number of nitrogen functional groups attached to an aromatic ring is 1. The Morgan fingerprint density at radius 2 is 1.72 bits per heavy atom. The van der Waals surface area contributed by atoms with Gasteiger partial charge in [-0.05, 0) is 6.92 Å². The molecule has 160 valence electrons. The van der Waals surface area contributed by atoms with Crippen molar-refractivity contribution in [3.05, 3.63) is 12.7 Å². The fourth-order valence-electron chi connectivity index (χ4n) is 3.66. The molecular weight excluding hydrogens is 397 g/mol. The number of nitrogens with zero attached hydrogens (tertiary/aromatic N) is 6. The van der Waals surface area contributed by atoms with Crippen molar-refractivity contribution in [2.24, 2.45) is 0 Å². The summed E-state index contributed by atoms with van der Waals surface area (Å²) in [6, 6.07) is 0. The lowest BCUT2D eigenvalue weighted by molar-refractivity contribution is 0.0388. The van der Waals surface area contributed by atoms with E-state index in [0.29, 0.717) is 76.1 Å². The number of aromatic nitrogens is 4. The molecule has 0 saturated carbocycles. The summed E-state index contributed by atoms with van der Waals surface area (Å²) in [5.41, 5.74) is 7.10. The van der Waals surface area contributed by atoms with Gasteiger partial charge in [-0.1, -0.05) is 0 Å². The van der Waals surface area contributed by atoms with E-state index in [4.69, 9.17) is 19.9 Å². The van der Waals surface area contributed by atoms with E-state index in [1.807, 2.05) is 20.8 Å². The largest absolute Gasteiger partial charge is 0.382 e. The van der Waals surface area contributed by atoms with E-state index in [9.17, 15) is 4.57 Å². The van der Waals surface area contributed by atoms with Crippen LogP contribution in [0.25, 0.3) is 11.2 Å². The topological polar surface area (TPSA) is 121 Å². The molecule has 0 amide bonds. The van der Waals surface area contributed by atoms with Gasteiger partial charge in [-0.3, -0.25) is 4.57 Å². The lowest BCUT2D eigenvalue weighted by Crippen LogP contribution is -2.44. The van der Waals surface area contributed by atoms with Crippen LogP contribution in [0.2, 0.25) is 0 Å². The van der Waals surface area contributed by atoms with E-state index in [1.165, 1.54) is 6.33 Å². The summed E-state index contributed by atoms with van der Waals surface area (Å²) in [4.78, 5) is 12.5. The Balaban J connectivity index is 1.44. The predicted molar refractivity (Wildman–Crippen MR) is 108 cm³/mol. The highest BCUT2D eigenvalue weighted by molar-refractivity contribution is 7.58. The zero-order valence-electron chi connectivity index (χ0n) is 16.6. The number of hydrogen-bond donors (Lipinski definition) is 1. The molecule has 2 aliphatic heterocycles. The standard InChI is InChI=1S/C17H28N7O4P/c1-14(10-22-12-21-15-16(18)19-11-20-17(15)22)28-13-29(25,23-2-6-26-7-3-23)24-4-8-27-9-5-24/h11-12,14H,2-10,13H2,1H3,(H2,18,19,20). The molecule has 12 heteroatoms. The van der Waals surface area contributed by atoms with E-state index in [1.54, 1.807) is 6.33 Å². The summed E-state index contributed by atoms with van der Waals surface area (Å²) in [5.74, 6) is 0.353. The highest BCUT2D eigenvalue weighted by Crippen LogP contribution is 2.53. The quantitative estimate of drug-likeness (QED) is 0.632. The molecule has 4 heterocycles. The summed E-state index contributed by atoms with van der Waals surface area (Å²) >= 11 is 0. The fourth-order valence-corrected chi connectivity index (χ4v) is 6.37. The Bertz CT molecular complexity index is 845. The maximum atomic E-state index is 14.0. The minimum atomic E-state index is -2.86. The van der Waals surface area contributed by atoms with Gasteiger partial charge >= 0.3 is 0 Å². The summed E-state index contributed by atoms with van der Waals surface area (Å²) < 4.78 is 37.0. The van der Waals surface area contributed by atoms with Crippen LogP contribution in [-0.2, 0) is 25.3 Å².